The number of nitrogens with zero attached hydrogens (tertiary/aromatic N) is 1. The first-order valence-electron chi connectivity index (χ1n) is 8.46. The number of ether oxygens (including phenoxy) is 1. The second kappa shape index (κ2) is 7.43. The Bertz CT molecular complexity index is 613. The highest BCUT2D eigenvalue weighted by Gasteiger charge is 2.35. The van der Waals surface area contributed by atoms with Crippen LogP contribution in [0.1, 0.15) is 32.1 Å². The van der Waals surface area contributed by atoms with Crippen LogP contribution in [0.5, 0.6) is 5.75 Å². The van der Waals surface area contributed by atoms with E-state index < -0.39 is 5.97 Å². The summed E-state index contributed by atoms with van der Waals surface area (Å²) in [7, 11) is 0. The second-order valence-electron chi connectivity index (χ2n) is 6.66. The molecule has 6 heteroatoms. The lowest BCUT2D eigenvalue weighted by Gasteiger charge is -2.28. The zero-order valence-electron chi connectivity index (χ0n) is 13.5. The molecule has 0 spiro atoms. The number of amides is 1. The lowest BCUT2D eigenvalue weighted by Crippen LogP contribution is -2.38. The summed E-state index contributed by atoms with van der Waals surface area (Å²) in [4.78, 5) is 25.5. The minimum Gasteiger partial charge on any atom is -0.488 e. The molecule has 1 aromatic rings. The topological polar surface area (TPSA) is 66.8 Å². The van der Waals surface area contributed by atoms with Gasteiger partial charge in [0.2, 0.25) is 5.91 Å². The summed E-state index contributed by atoms with van der Waals surface area (Å²) < 4.78 is 5.92. The molecule has 1 saturated carbocycles. The molecule has 1 aliphatic carbocycles. The van der Waals surface area contributed by atoms with Crippen LogP contribution in [-0.4, -0.2) is 41.1 Å². The molecule has 1 unspecified atom stereocenters. The zero-order chi connectivity index (χ0) is 17.1. The molecule has 1 amide bonds. The molecule has 1 N–H and O–H groups in total. The highest BCUT2D eigenvalue weighted by Crippen LogP contribution is 2.31. The monoisotopic (exact) mass is 351 g/mol. The largest absolute Gasteiger partial charge is 0.488 e. The molecule has 2 aliphatic rings. The number of carbonyl (C=O) groups excluding carboxylic acids is 1. The van der Waals surface area contributed by atoms with Crippen molar-refractivity contribution >= 4 is 23.5 Å². The van der Waals surface area contributed by atoms with Gasteiger partial charge in [-0.05, 0) is 43.9 Å². The van der Waals surface area contributed by atoms with Crippen molar-refractivity contribution in [2.24, 2.45) is 11.8 Å². The minimum atomic E-state index is -0.739. The predicted octanol–water partition coefficient (Wildman–Crippen LogP) is 3.21. The number of halogens is 1. The lowest BCUT2D eigenvalue weighted by atomic mass is 9.81. The van der Waals surface area contributed by atoms with Gasteiger partial charge in [-0.1, -0.05) is 17.7 Å². The summed E-state index contributed by atoms with van der Waals surface area (Å²) in [6.45, 7) is 1.28. The fourth-order valence-corrected chi connectivity index (χ4v) is 3.78. The molecule has 1 saturated heterocycles. The van der Waals surface area contributed by atoms with Gasteiger partial charge in [0.15, 0.2) is 0 Å². The average molecular weight is 352 g/mol. The standard InChI is InChI=1S/C18H22ClNO4/c19-14-2-1-3-15(10-14)24-16-8-9-20(11-16)17(21)12-4-6-13(7-5-12)18(22)23/h1-3,10,12-13,16H,4-9,11H2,(H,22,23). The van der Waals surface area contributed by atoms with E-state index in [2.05, 4.69) is 0 Å². The number of hydrogen-bond acceptors (Lipinski definition) is 3. The van der Waals surface area contributed by atoms with Crippen molar-refractivity contribution in [3.05, 3.63) is 29.3 Å². The summed E-state index contributed by atoms with van der Waals surface area (Å²) >= 11 is 5.96. The van der Waals surface area contributed by atoms with Crippen molar-refractivity contribution < 1.29 is 19.4 Å². The quantitative estimate of drug-likeness (QED) is 0.904. The van der Waals surface area contributed by atoms with Gasteiger partial charge in [0, 0.05) is 23.9 Å². The van der Waals surface area contributed by atoms with Crippen LogP contribution in [0.2, 0.25) is 5.02 Å². The summed E-state index contributed by atoms with van der Waals surface area (Å²) in [5.41, 5.74) is 0. The molecule has 0 aromatic heterocycles. The second-order valence-corrected chi connectivity index (χ2v) is 7.09. The highest BCUT2D eigenvalue weighted by molar-refractivity contribution is 6.30. The van der Waals surface area contributed by atoms with E-state index in [0.29, 0.717) is 43.8 Å². The van der Waals surface area contributed by atoms with Crippen LogP contribution in [0.4, 0.5) is 0 Å². The van der Waals surface area contributed by atoms with E-state index in [1.807, 2.05) is 17.0 Å². The van der Waals surface area contributed by atoms with Crippen molar-refractivity contribution in [2.75, 3.05) is 13.1 Å². The molecular formula is C18H22ClNO4. The van der Waals surface area contributed by atoms with E-state index in [9.17, 15) is 9.59 Å². The summed E-state index contributed by atoms with van der Waals surface area (Å²) in [5.74, 6) is -0.186. The number of hydrogen-bond donors (Lipinski definition) is 1. The van der Waals surface area contributed by atoms with Gasteiger partial charge in [0.1, 0.15) is 11.9 Å². The number of carbonyl (C=O) groups is 2. The van der Waals surface area contributed by atoms with E-state index >= 15 is 0 Å². The summed E-state index contributed by atoms with van der Waals surface area (Å²) in [5, 5.41) is 9.68. The SMILES string of the molecule is O=C(O)C1CCC(C(=O)N2CCC(Oc3cccc(Cl)c3)C2)CC1. The minimum absolute atomic E-state index is 0.0113. The molecule has 2 fully saturated rings. The molecule has 1 heterocycles. The Balaban J connectivity index is 1.50. The van der Waals surface area contributed by atoms with Gasteiger partial charge in [0.25, 0.3) is 0 Å². The smallest absolute Gasteiger partial charge is 0.306 e. The Morgan fingerprint density at radius 2 is 1.83 bits per heavy atom. The average Bonchev–Trinajstić information content (AvgIpc) is 3.02. The number of carboxylic acids is 1. The normalized spacial score (nSPS) is 27.0. The van der Waals surface area contributed by atoms with Gasteiger partial charge in [-0.25, -0.2) is 0 Å². The van der Waals surface area contributed by atoms with Gasteiger partial charge in [0.05, 0.1) is 12.5 Å². The molecule has 5 nitrogen and oxygen atoms in total. The third-order valence-corrected chi connectivity index (χ3v) is 5.22. The third-order valence-electron chi connectivity index (χ3n) is 4.98. The Hall–Kier alpha value is -1.75. The Labute approximate surface area is 146 Å². The number of benzene rings is 1. The summed E-state index contributed by atoms with van der Waals surface area (Å²) in [6, 6.07) is 7.28. The Morgan fingerprint density at radius 3 is 2.50 bits per heavy atom. The van der Waals surface area contributed by atoms with Crippen LogP contribution in [-0.2, 0) is 9.59 Å². The lowest BCUT2D eigenvalue weighted by molar-refractivity contribution is -0.145. The van der Waals surface area contributed by atoms with Crippen molar-refractivity contribution in [2.45, 2.75) is 38.2 Å². The molecule has 1 aliphatic heterocycles. The molecule has 0 radical (unpaired) electrons. The Morgan fingerprint density at radius 1 is 1.12 bits per heavy atom. The maximum absolute atomic E-state index is 12.6. The van der Waals surface area contributed by atoms with Crippen LogP contribution < -0.4 is 4.74 Å². The van der Waals surface area contributed by atoms with Crippen molar-refractivity contribution in [1.29, 1.82) is 0 Å². The van der Waals surface area contributed by atoms with E-state index in [1.54, 1.807) is 12.1 Å². The first kappa shape index (κ1) is 17.1. The molecular weight excluding hydrogens is 330 g/mol. The van der Waals surface area contributed by atoms with Gasteiger partial charge in [-0.3, -0.25) is 9.59 Å². The number of aliphatic carboxylic acids is 1. The molecule has 1 aromatic carbocycles. The van der Waals surface area contributed by atoms with Crippen LogP contribution >= 0.6 is 11.6 Å². The van der Waals surface area contributed by atoms with E-state index in [4.69, 9.17) is 21.4 Å². The highest BCUT2D eigenvalue weighted by atomic mass is 35.5. The van der Waals surface area contributed by atoms with E-state index in [1.165, 1.54) is 0 Å². The zero-order valence-corrected chi connectivity index (χ0v) is 14.2. The van der Waals surface area contributed by atoms with Crippen molar-refractivity contribution in [3.8, 4) is 5.75 Å². The predicted molar refractivity (Wildman–Crippen MR) is 90.1 cm³/mol. The molecule has 24 heavy (non-hydrogen) atoms. The Kier molecular flexibility index (Phi) is 5.29. The number of carboxylic acid groups (broad SMARTS) is 1. The number of rotatable bonds is 4. The fourth-order valence-electron chi connectivity index (χ4n) is 3.60. The van der Waals surface area contributed by atoms with Crippen LogP contribution in [0.3, 0.4) is 0 Å². The van der Waals surface area contributed by atoms with Gasteiger partial charge in [-0.15, -0.1) is 0 Å². The van der Waals surface area contributed by atoms with Crippen molar-refractivity contribution in [1.82, 2.24) is 4.90 Å². The van der Waals surface area contributed by atoms with E-state index in [0.717, 1.165) is 12.2 Å². The van der Waals surface area contributed by atoms with Crippen LogP contribution in [0.25, 0.3) is 0 Å². The van der Waals surface area contributed by atoms with E-state index in [-0.39, 0.29) is 23.8 Å². The third kappa shape index (κ3) is 4.01. The first-order valence-corrected chi connectivity index (χ1v) is 8.84. The fraction of sp³-hybridized carbons (Fsp3) is 0.556. The molecule has 0 bridgehead atoms. The van der Waals surface area contributed by atoms with Gasteiger partial charge in [-0.2, -0.15) is 0 Å². The number of likely N-dealkylation sites (tertiary alicyclic amines) is 1. The van der Waals surface area contributed by atoms with Crippen LogP contribution in [0.15, 0.2) is 24.3 Å². The van der Waals surface area contributed by atoms with Gasteiger partial charge < -0.3 is 14.7 Å². The van der Waals surface area contributed by atoms with Crippen LogP contribution in [0, 0.1) is 11.8 Å². The molecule has 3 rings (SSSR count). The van der Waals surface area contributed by atoms with Crippen molar-refractivity contribution in [3.63, 3.8) is 0 Å². The molecule has 130 valence electrons. The maximum atomic E-state index is 12.6. The molecule has 1 atom stereocenters. The maximum Gasteiger partial charge on any atom is 0.306 e. The van der Waals surface area contributed by atoms with Gasteiger partial charge >= 0.3 is 5.97 Å². The summed E-state index contributed by atoms with van der Waals surface area (Å²) in [6.07, 6.45) is 3.34. The first-order chi connectivity index (χ1) is 11.5.